The molecule has 1 aromatic rings. The van der Waals surface area contributed by atoms with Gasteiger partial charge in [0, 0.05) is 5.69 Å². The minimum atomic E-state index is -0.355. The predicted octanol–water partition coefficient (Wildman–Crippen LogP) is 1.27. The highest BCUT2D eigenvalue weighted by Gasteiger charge is 2.00. The third kappa shape index (κ3) is 3.63. The van der Waals surface area contributed by atoms with Crippen LogP contribution in [0.2, 0.25) is 0 Å². The topological polar surface area (TPSA) is 38.3 Å². The van der Waals surface area contributed by atoms with E-state index in [9.17, 15) is 4.79 Å². The molecule has 0 aliphatic rings. The van der Waals surface area contributed by atoms with Crippen LogP contribution in [0.4, 0.5) is 5.69 Å². The summed E-state index contributed by atoms with van der Waals surface area (Å²) >= 11 is 0. The first kappa shape index (κ1) is 10.1. The van der Waals surface area contributed by atoms with Crippen LogP contribution in [0.25, 0.3) is 0 Å². The van der Waals surface area contributed by atoms with Crippen molar-refractivity contribution >= 4 is 11.7 Å². The summed E-state index contributed by atoms with van der Waals surface area (Å²) in [6, 6.07) is 9.41. The number of carbonyl (C=O) groups excluding carboxylic acids is 1. The lowest BCUT2D eigenvalue weighted by atomic mass is 10.3. The Morgan fingerprint density at radius 3 is 2.79 bits per heavy atom. The van der Waals surface area contributed by atoms with Gasteiger partial charge in [0.2, 0.25) is 0 Å². The fourth-order valence-electron chi connectivity index (χ4n) is 0.903. The zero-order chi connectivity index (χ0) is 10.2. The number of carbonyl (C=O) groups is 1. The molecule has 1 rings (SSSR count). The van der Waals surface area contributed by atoms with Crippen molar-refractivity contribution in [1.82, 2.24) is 0 Å². The zero-order valence-electron chi connectivity index (χ0n) is 7.69. The number of ether oxygens (including phenoxy) is 1. The Kier molecular flexibility index (Phi) is 4.09. The van der Waals surface area contributed by atoms with Gasteiger partial charge in [-0.3, -0.25) is 4.79 Å². The molecular formula is C11H11NO2. The smallest absolute Gasteiger partial charge is 0.326 e. The molecule has 0 saturated carbocycles. The van der Waals surface area contributed by atoms with E-state index < -0.39 is 0 Å². The molecule has 3 nitrogen and oxygen atoms in total. The van der Waals surface area contributed by atoms with Gasteiger partial charge in [0.25, 0.3) is 0 Å². The zero-order valence-corrected chi connectivity index (χ0v) is 7.69. The lowest BCUT2D eigenvalue weighted by Gasteiger charge is -2.04. The van der Waals surface area contributed by atoms with Gasteiger partial charge in [-0.05, 0) is 12.1 Å². The third-order valence-corrected chi connectivity index (χ3v) is 1.53. The minimum absolute atomic E-state index is 0.0231. The summed E-state index contributed by atoms with van der Waals surface area (Å²) in [5.41, 5.74) is 0.880. The molecule has 0 unspecified atom stereocenters. The van der Waals surface area contributed by atoms with Gasteiger partial charge in [-0.1, -0.05) is 24.1 Å². The van der Waals surface area contributed by atoms with E-state index in [2.05, 4.69) is 16.0 Å². The molecule has 0 aliphatic carbocycles. The molecular weight excluding hydrogens is 178 g/mol. The van der Waals surface area contributed by atoms with Crippen LogP contribution in [0.3, 0.4) is 0 Å². The molecule has 0 atom stereocenters. The van der Waals surface area contributed by atoms with Crippen molar-refractivity contribution in [2.24, 2.45) is 0 Å². The molecule has 0 spiro atoms. The summed E-state index contributed by atoms with van der Waals surface area (Å²) in [6.07, 6.45) is 4.94. The molecule has 1 aromatic carbocycles. The van der Waals surface area contributed by atoms with Gasteiger partial charge < -0.3 is 10.1 Å². The molecule has 0 saturated heterocycles. The van der Waals surface area contributed by atoms with E-state index in [0.717, 1.165) is 5.69 Å². The Labute approximate surface area is 83.1 Å². The van der Waals surface area contributed by atoms with Crippen molar-refractivity contribution in [1.29, 1.82) is 0 Å². The van der Waals surface area contributed by atoms with Crippen molar-refractivity contribution in [3.05, 3.63) is 30.3 Å². The Morgan fingerprint density at radius 2 is 2.14 bits per heavy atom. The maximum absolute atomic E-state index is 11.0. The summed E-state index contributed by atoms with van der Waals surface area (Å²) in [7, 11) is 0. The minimum Gasteiger partial charge on any atom is -0.451 e. The molecule has 72 valence electrons. The molecule has 0 heterocycles. The molecule has 0 radical (unpaired) electrons. The lowest BCUT2D eigenvalue weighted by Crippen LogP contribution is -2.16. The molecule has 0 aromatic heterocycles. The first-order chi connectivity index (χ1) is 6.83. The summed E-state index contributed by atoms with van der Waals surface area (Å²) < 4.78 is 4.68. The second kappa shape index (κ2) is 5.65. The second-order valence-corrected chi connectivity index (χ2v) is 2.58. The van der Waals surface area contributed by atoms with Gasteiger partial charge >= 0.3 is 5.97 Å². The fourth-order valence-corrected chi connectivity index (χ4v) is 0.903. The molecule has 0 fully saturated rings. The summed E-state index contributed by atoms with van der Waals surface area (Å²) in [5.74, 6) is 1.87. The van der Waals surface area contributed by atoms with Gasteiger partial charge in [-0.25, -0.2) is 0 Å². The second-order valence-electron chi connectivity index (χ2n) is 2.58. The van der Waals surface area contributed by atoms with E-state index >= 15 is 0 Å². The van der Waals surface area contributed by atoms with Gasteiger partial charge in [-0.15, -0.1) is 6.42 Å². The van der Waals surface area contributed by atoms with Gasteiger partial charge in [0.1, 0.15) is 6.54 Å². The fraction of sp³-hybridized carbons (Fsp3) is 0.182. The van der Waals surface area contributed by atoms with Gasteiger partial charge in [-0.2, -0.15) is 0 Å². The number of hydrogen-bond acceptors (Lipinski definition) is 3. The van der Waals surface area contributed by atoms with Gasteiger partial charge in [0.15, 0.2) is 6.61 Å². The van der Waals surface area contributed by atoms with Crippen molar-refractivity contribution in [3.63, 3.8) is 0 Å². The maximum Gasteiger partial charge on any atom is 0.326 e. The molecule has 3 heteroatoms. The van der Waals surface area contributed by atoms with Crippen LogP contribution in [0.5, 0.6) is 0 Å². The Hall–Kier alpha value is -1.95. The van der Waals surface area contributed by atoms with Crippen LogP contribution >= 0.6 is 0 Å². The van der Waals surface area contributed by atoms with Crippen LogP contribution in [0.15, 0.2) is 30.3 Å². The summed E-state index contributed by atoms with van der Waals surface area (Å²) in [6.45, 7) is 0.154. The first-order valence-electron chi connectivity index (χ1n) is 4.21. The lowest BCUT2D eigenvalue weighted by molar-refractivity contribution is -0.140. The molecule has 0 bridgehead atoms. The van der Waals surface area contributed by atoms with Crippen molar-refractivity contribution in [2.75, 3.05) is 18.5 Å². The van der Waals surface area contributed by atoms with Crippen molar-refractivity contribution < 1.29 is 9.53 Å². The highest BCUT2D eigenvalue weighted by molar-refractivity contribution is 5.75. The third-order valence-electron chi connectivity index (χ3n) is 1.53. The Bertz CT molecular complexity index is 327. The molecule has 14 heavy (non-hydrogen) atoms. The number of anilines is 1. The highest BCUT2D eigenvalue weighted by Crippen LogP contribution is 2.03. The van der Waals surface area contributed by atoms with E-state index in [1.165, 1.54) is 0 Å². The van der Waals surface area contributed by atoms with Crippen molar-refractivity contribution in [3.8, 4) is 12.3 Å². The Morgan fingerprint density at radius 1 is 1.43 bits per heavy atom. The van der Waals surface area contributed by atoms with E-state index in [1.807, 2.05) is 30.3 Å². The van der Waals surface area contributed by atoms with Crippen LogP contribution in [-0.2, 0) is 9.53 Å². The monoisotopic (exact) mass is 189 g/mol. The molecule has 0 amide bonds. The number of terminal acetylenes is 1. The van der Waals surface area contributed by atoms with Crippen LogP contribution < -0.4 is 5.32 Å². The number of para-hydroxylation sites is 1. The largest absolute Gasteiger partial charge is 0.451 e. The Balaban J connectivity index is 2.28. The highest BCUT2D eigenvalue weighted by atomic mass is 16.5. The van der Waals surface area contributed by atoms with E-state index in [1.54, 1.807) is 0 Å². The summed E-state index contributed by atoms with van der Waals surface area (Å²) in [5, 5.41) is 2.91. The number of rotatable bonds is 4. The predicted molar refractivity (Wildman–Crippen MR) is 54.7 cm³/mol. The SMILES string of the molecule is C#CCOC(=O)CNc1ccccc1. The normalized spacial score (nSPS) is 8.79. The number of esters is 1. The number of nitrogens with one attached hydrogen (secondary N) is 1. The van der Waals surface area contributed by atoms with Crippen LogP contribution in [0, 0.1) is 12.3 Å². The van der Waals surface area contributed by atoms with Crippen molar-refractivity contribution in [2.45, 2.75) is 0 Å². The quantitative estimate of drug-likeness (QED) is 0.572. The maximum atomic E-state index is 11.0. The standard InChI is InChI=1S/C11H11NO2/c1-2-8-14-11(13)9-12-10-6-4-3-5-7-10/h1,3-7,12H,8-9H2. The van der Waals surface area contributed by atoms with E-state index in [-0.39, 0.29) is 19.1 Å². The number of benzene rings is 1. The van der Waals surface area contributed by atoms with E-state index in [0.29, 0.717) is 0 Å². The van der Waals surface area contributed by atoms with Crippen LogP contribution in [0.1, 0.15) is 0 Å². The van der Waals surface area contributed by atoms with E-state index in [4.69, 9.17) is 6.42 Å². The summed E-state index contributed by atoms with van der Waals surface area (Å²) in [4.78, 5) is 11.0. The average Bonchev–Trinajstić information content (AvgIpc) is 2.25. The van der Waals surface area contributed by atoms with Crippen LogP contribution in [-0.4, -0.2) is 19.1 Å². The average molecular weight is 189 g/mol. The molecule has 0 aliphatic heterocycles. The molecule has 1 N–H and O–H groups in total. The number of hydrogen-bond donors (Lipinski definition) is 1. The van der Waals surface area contributed by atoms with Gasteiger partial charge in [0.05, 0.1) is 0 Å². The first-order valence-corrected chi connectivity index (χ1v) is 4.21.